The van der Waals surface area contributed by atoms with E-state index < -0.39 is 0 Å². The predicted molar refractivity (Wildman–Crippen MR) is 134 cm³/mol. The van der Waals surface area contributed by atoms with Gasteiger partial charge in [0.15, 0.2) is 0 Å². The second-order valence-electron chi connectivity index (χ2n) is 9.40. The van der Waals surface area contributed by atoms with E-state index in [-0.39, 0.29) is 5.91 Å². The van der Waals surface area contributed by atoms with E-state index in [4.69, 9.17) is 0 Å². The molecule has 1 amide bonds. The van der Waals surface area contributed by atoms with Gasteiger partial charge in [0.2, 0.25) is 0 Å². The molecular formula is C27H33N3OS. The van der Waals surface area contributed by atoms with Crippen molar-refractivity contribution in [1.82, 2.24) is 16.0 Å². The molecule has 1 aromatic heterocycles. The van der Waals surface area contributed by atoms with Gasteiger partial charge in [-0.05, 0) is 98.1 Å². The van der Waals surface area contributed by atoms with Crippen molar-refractivity contribution in [1.29, 1.82) is 0 Å². The minimum atomic E-state index is 0.0613. The average Bonchev–Trinajstić information content (AvgIpc) is 3.47. The van der Waals surface area contributed by atoms with Crippen LogP contribution in [0.25, 0.3) is 10.1 Å². The lowest BCUT2D eigenvalue weighted by atomic mass is 9.96. The first-order valence-electron chi connectivity index (χ1n) is 12.0. The highest BCUT2D eigenvalue weighted by atomic mass is 32.1. The van der Waals surface area contributed by atoms with Crippen LogP contribution in [0, 0.1) is 0 Å². The summed E-state index contributed by atoms with van der Waals surface area (Å²) >= 11 is 1.84. The lowest BCUT2D eigenvalue weighted by Crippen LogP contribution is -2.42. The lowest BCUT2D eigenvalue weighted by Gasteiger charge is -2.23. The largest absolute Gasteiger partial charge is 0.349 e. The van der Waals surface area contributed by atoms with Gasteiger partial charge < -0.3 is 16.0 Å². The van der Waals surface area contributed by atoms with Gasteiger partial charge in [0.05, 0.1) is 0 Å². The molecule has 0 radical (unpaired) electrons. The number of nitrogens with one attached hydrogen (secondary N) is 3. The minimum Gasteiger partial charge on any atom is -0.349 e. The average molecular weight is 448 g/mol. The van der Waals surface area contributed by atoms with Crippen molar-refractivity contribution in [2.24, 2.45) is 0 Å². The van der Waals surface area contributed by atoms with Crippen LogP contribution in [0.1, 0.15) is 72.5 Å². The second kappa shape index (κ2) is 9.74. The van der Waals surface area contributed by atoms with Gasteiger partial charge in [0.25, 0.3) is 5.91 Å². The van der Waals surface area contributed by atoms with Crippen molar-refractivity contribution in [3.63, 3.8) is 0 Å². The van der Waals surface area contributed by atoms with Crippen molar-refractivity contribution in [3.05, 3.63) is 70.6 Å². The molecule has 3 atom stereocenters. The quantitative estimate of drug-likeness (QED) is 0.476. The van der Waals surface area contributed by atoms with Crippen molar-refractivity contribution >= 4 is 27.3 Å². The van der Waals surface area contributed by atoms with E-state index in [1.165, 1.54) is 34.1 Å². The third kappa shape index (κ3) is 4.75. The molecule has 3 aromatic rings. The summed E-state index contributed by atoms with van der Waals surface area (Å²) in [6.45, 7) is 4.27. The number of hydrogen-bond acceptors (Lipinski definition) is 4. The molecule has 1 aliphatic carbocycles. The molecule has 2 heterocycles. The minimum absolute atomic E-state index is 0.0613. The van der Waals surface area contributed by atoms with E-state index in [1.54, 1.807) is 0 Å². The number of carbonyl (C=O) groups is 1. The molecule has 3 N–H and O–H groups in total. The second-order valence-corrected chi connectivity index (χ2v) is 10.3. The van der Waals surface area contributed by atoms with Crippen LogP contribution in [0.15, 0.2) is 53.9 Å². The Kier molecular flexibility index (Phi) is 6.58. The Bertz CT molecular complexity index is 1050. The third-order valence-corrected chi connectivity index (χ3v) is 8.20. The number of hydrogen-bond donors (Lipinski definition) is 3. The zero-order chi connectivity index (χ0) is 21.9. The van der Waals surface area contributed by atoms with E-state index >= 15 is 0 Å². The summed E-state index contributed by atoms with van der Waals surface area (Å²) in [5.41, 5.74) is 3.55. The van der Waals surface area contributed by atoms with Gasteiger partial charge in [0, 0.05) is 28.4 Å². The van der Waals surface area contributed by atoms with Gasteiger partial charge in [0.1, 0.15) is 0 Å². The molecule has 2 aliphatic rings. The smallest absolute Gasteiger partial charge is 0.251 e. The summed E-state index contributed by atoms with van der Waals surface area (Å²) in [4.78, 5) is 12.6. The fourth-order valence-corrected chi connectivity index (χ4v) is 6.41. The third-order valence-electron chi connectivity index (χ3n) is 7.21. The van der Waals surface area contributed by atoms with Crippen molar-refractivity contribution < 1.29 is 4.79 Å². The maximum absolute atomic E-state index is 12.6. The molecule has 2 aromatic carbocycles. The van der Waals surface area contributed by atoms with Gasteiger partial charge in [-0.1, -0.05) is 30.3 Å². The molecule has 5 rings (SSSR count). The van der Waals surface area contributed by atoms with Crippen LogP contribution in [-0.4, -0.2) is 31.1 Å². The Hall–Kier alpha value is -2.21. The summed E-state index contributed by atoms with van der Waals surface area (Å²) in [6, 6.07) is 18.2. The topological polar surface area (TPSA) is 53.2 Å². The van der Waals surface area contributed by atoms with Crippen LogP contribution in [0.5, 0.6) is 0 Å². The van der Waals surface area contributed by atoms with E-state index in [2.05, 4.69) is 64.7 Å². The standard InChI is InChI=1S/C27H33N3OS/c1-18(25-17-32-26-5-3-2-4-24(25)26)29-23-11-10-21(16-23)19-6-8-20(9-7-19)27(31)30-22-12-14-28-15-13-22/h2-9,17-18,21-23,28-29H,10-16H2,1H3,(H,30,31). The number of rotatable bonds is 6. The normalized spacial score (nSPS) is 22.8. The van der Waals surface area contributed by atoms with Gasteiger partial charge in [-0.25, -0.2) is 0 Å². The zero-order valence-corrected chi connectivity index (χ0v) is 19.6. The van der Waals surface area contributed by atoms with Gasteiger partial charge in [-0.3, -0.25) is 4.79 Å². The van der Waals surface area contributed by atoms with Gasteiger partial charge >= 0.3 is 0 Å². The maximum atomic E-state index is 12.6. The van der Waals surface area contributed by atoms with Crippen LogP contribution in [0.2, 0.25) is 0 Å². The van der Waals surface area contributed by atoms with E-state index in [1.807, 2.05) is 23.5 Å². The fraction of sp³-hybridized carbons (Fsp3) is 0.444. The van der Waals surface area contributed by atoms with E-state index in [0.29, 0.717) is 24.0 Å². The van der Waals surface area contributed by atoms with Crippen LogP contribution >= 0.6 is 11.3 Å². The molecular weight excluding hydrogens is 414 g/mol. The van der Waals surface area contributed by atoms with E-state index in [0.717, 1.165) is 37.9 Å². The first kappa shape index (κ1) is 21.6. The molecule has 0 bridgehead atoms. The summed E-state index contributed by atoms with van der Waals surface area (Å²) in [5.74, 6) is 0.631. The molecule has 1 saturated carbocycles. The molecule has 1 aliphatic heterocycles. The number of fused-ring (bicyclic) bond motifs is 1. The number of amides is 1. The fourth-order valence-electron chi connectivity index (χ4n) is 5.35. The van der Waals surface area contributed by atoms with Crippen LogP contribution in [-0.2, 0) is 0 Å². The van der Waals surface area contributed by atoms with Crippen LogP contribution in [0.3, 0.4) is 0 Å². The zero-order valence-electron chi connectivity index (χ0n) is 18.8. The maximum Gasteiger partial charge on any atom is 0.251 e. The lowest BCUT2D eigenvalue weighted by molar-refractivity contribution is 0.0929. The monoisotopic (exact) mass is 447 g/mol. The molecule has 4 nitrogen and oxygen atoms in total. The summed E-state index contributed by atoms with van der Waals surface area (Å²) in [6.07, 6.45) is 5.59. The Labute approximate surface area is 194 Å². The van der Waals surface area contributed by atoms with Crippen molar-refractivity contribution in [2.75, 3.05) is 13.1 Å². The highest BCUT2D eigenvalue weighted by Gasteiger charge is 2.27. The molecule has 1 saturated heterocycles. The molecule has 3 unspecified atom stereocenters. The number of benzene rings is 2. The highest BCUT2D eigenvalue weighted by molar-refractivity contribution is 7.17. The molecule has 32 heavy (non-hydrogen) atoms. The van der Waals surface area contributed by atoms with E-state index in [9.17, 15) is 4.79 Å². The van der Waals surface area contributed by atoms with Gasteiger partial charge in [-0.2, -0.15) is 0 Å². The molecule has 0 spiro atoms. The number of carbonyl (C=O) groups excluding carboxylic acids is 1. The predicted octanol–water partition coefficient (Wildman–Crippen LogP) is 5.37. The number of thiophene rings is 1. The Morgan fingerprint density at radius 1 is 1.00 bits per heavy atom. The Morgan fingerprint density at radius 2 is 1.78 bits per heavy atom. The first-order chi connectivity index (χ1) is 15.7. The Morgan fingerprint density at radius 3 is 2.59 bits per heavy atom. The highest BCUT2D eigenvalue weighted by Crippen LogP contribution is 2.37. The van der Waals surface area contributed by atoms with Crippen LogP contribution < -0.4 is 16.0 Å². The molecule has 5 heteroatoms. The van der Waals surface area contributed by atoms with Crippen LogP contribution in [0.4, 0.5) is 0 Å². The number of piperidine rings is 1. The summed E-state index contributed by atoms with van der Waals surface area (Å²) < 4.78 is 1.37. The van der Waals surface area contributed by atoms with Crippen molar-refractivity contribution in [2.45, 2.75) is 63.1 Å². The summed E-state index contributed by atoms with van der Waals surface area (Å²) in [7, 11) is 0. The SMILES string of the molecule is CC(NC1CCC(c2ccc(C(=O)NC3CCNCC3)cc2)C1)c1csc2ccccc12. The Balaban J connectivity index is 1.17. The molecule has 168 valence electrons. The van der Waals surface area contributed by atoms with Crippen molar-refractivity contribution in [3.8, 4) is 0 Å². The van der Waals surface area contributed by atoms with Gasteiger partial charge in [-0.15, -0.1) is 11.3 Å². The molecule has 2 fully saturated rings. The summed E-state index contributed by atoms with van der Waals surface area (Å²) in [5, 5.41) is 14.1. The first-order valence-corrected chi connectivity index (χ1v) is 12.9.